The quantitative estimate of drug-likeness (QED) is 0.658. The van der Waals surface area contributed by atoms with Gasteiger partial charge in [0, 0.05) is 0 Å². The van der Waals surface area contributed by atoms with Crippen LogP contribution in [-0.4, -0.2) is 75.3 Å². The van der Waals surface area contributed by atoms with Crippen molar-refractivity contribution in [1.29, 1.82) is 0 Å². The van der Waals surface area contributed by atoms with Gasteiger partial charge in [-0.15, -0.1) is 5.10 Å². The standard InChI is InChI=1S/C13H19N3O7/c1-13(2)22-10-8(9(7(18)5-17)21-12(10)23-13)16-4-6(14-15-16)11(19)20-3/h4,7-10,12,17-18H,5H2,1-3H3/t7-,8-,9+,10-,12-/m1/s1. The van der Waals surface area contributed by atoms with Crippen LogP contribution in [0.15, 0.2) is 6.20 Å². The van der Waals surface area contributed by atoms with Crippen LogP contribution in [0.5, 0.6) is 0 Å². The fourth-order valence-corrected chi connectivity index (χ4v) is 2.86. The molecule has 0 spiro atoms. The molecule has 10 nitrogen and oxygen atoms in total. The molecule has 2 saturated heterocycles. The van der Waals surface area contributed by atoms with Gasteiger partial charge in [-0.25, -0.2) is 9.48 Å². The number of hydrogen-bond donors (Lipinski definition) is 2. The van der Waals surface area contributed by atoms with E-state index in [9.17, 15) is 15.0 Å². The summed E-state index contributed by atoms with van der Waals surface area (Å²) < 4.78 is 23.1. The van der Waals surface area contributed by atoms with Crippen molar-refractivity contribution in [2.75, 3.05) is 13.7 Å². The minimum absolute atomic E-state index is 0.0198. The number of rotatable bonds is 4. The molecular formula is C13H19N3O7. The molecule has 2 N–H and O–H groups in total. The fraction of sp³-hybridized carbons (Fsp3) is 0.769. The highest BCUT2D eigenvalue weighted by Crippen LogP contribution is 2.43. The second-order valence-electron chi connectivity index (χ2n) is 5.89. The largest absolute Gasteiger partial charge is 0.464 e. The van der Waals surface area contributed by atoms with Crippen molar-refractivity contribution in [3.63, 3.8) is 0 Å². The maximum Gasteiger partial charge on any atom is 0.360 e. The van der Waals surface area contributed by atoms with Crippen LogP contribution in [0.3, 0.4) is 0 Å². The molecule has 3 heterocycles. The number of fused-ring (bicyclic) bond motifs is 1. The molecule has 0 saturated carbocycles. The smallest absolute Gasteiger partial charge is 0.360 e. The first-order chi connectivity index (χ1) is 10.9. The van der Waals surface area contributed by atoms with Crippen molar-refractivity contribution in [2.24, 2.45) is 0 Å². The number of methoxy groups -OCH3 is 1. The average Bonchev–Trinajstić information content (AvgIpc) is 3.17. The average molecular weight is 329 g/mol. The van der Waals surface area contributed by atoms with Gasteiger partial charge in [-0.3, -0.25) is 0 Å². The van der Waals surface area contributed by atoms with Gasteiger partial charge in [0.25, 0.3) is 0 Å². The molecule has 2 aliphatic heterocycles. The topological polar surface area (TPSA) is 125 Å². The summed E-state index contributed by atoms with van der Waals surface area (Å²) in [7, 11) is 1.24. The first-order valence-corrected chi connectivity index (χ1v) is 7.16. The van der Waals surface area contributed by atoms with Gasteiger partial charge in [-0.2, -0.15) is 0 Å². The zero-order valence-corrected chi connectivity index (χ0v) is 12.9. The highest BCUT2D eigenvalue weighted by atomic mass is 16.8. The Kier molecular flexibility index (Phi) is 4.10. The Morgan fingerprint density at radius 2 is 2.26 bits per heavy atom. The summed E-state index contributed by atoms with van der Waals surface area (Å²) in [6.07, 6.45) is -1.88. The lowest BCUT2D eigenvalue weighted by atomic mass is 10.0. The van der Waals surface area contributed by atoms with Crippen LogP contribution in [0.4, 0.5) is 0 Å². The number of aliphatic hydroxyl groups is 2. The SMILES string of the molecule is COC(=O)c1cn([C@@H]2[C@H]([C@H](O)CO)O[C@@H]3OC(C)(C)O[C@@H]32)nn1. The van der Waals surface area contributed by atoms with Gasteiger partial charge in [0.15, 0.2) is 17.8 Å². The third-order valence-corrected chi connectivity index (χ3v) is 3.83. The van der Waals surface area contributed by atoms with Gasteiger partial charge >= 0.3 is 5.97 Å². The van der Waals surface area contributed by atoms with Crippen LogP contribution < -0.4 is 0 Å². The molecule has 0 amide bonds. The Hall–Kier alpha value is -1.59. The Balaban J connectivity index is 1.91. The zero-order valence-electron chi connectivity index (χ0n) is 12.9. The first kappa shape index (κ1) is 16.3. The molecular weight excluding hydrogens is 310 g/mol. The summed E-state index contributed by atoms with van der Waals surface area (Å²) >= 11 is 0. The lowest BCUT2D eigenvalue weighted by molar-refractivity contribution is -0.221. The molecule has 128 valence electrons. The van der Waals surface area contributed by atoms with Crippen LogP contribution in [0.1, 0.15) is 30.4 Å². The highest BCUT2D eigenvalue weighted by Gasteiger charge is 2.57. The molecule has 23 heavy (non-hydrogen) atoms. The van der Waals surface area contributed by atoms with E-state index in [2.05, 4.69) is 15.0 Å². The van der Waals surface area contributed by atoms with Gasteiger partial charge in [0.05, 0.1) is 19.9 Å². The predicted molar refractivity (Wildman–Crippen MR) is 72.2 cm³/mol. The molecule has 0 radical (unpaired) electrons. The third-order valence-electron chi connectivity index (χ3n) is 3.83. The molecule has 0 unspecified atom stereocenters. The maximum absolute atomic E-state index is 11.5. The summed E-state index contributed by atoms with van der Waals surface area (Å²) in [5, 5.41) is 26.9. The third kappa shape index (κ3) is 2.83. The minimum Gasteiger partial charge on any atom is -0.464 e. The molecule has 1 aromatic heterocycles. The van der Waals surface area contributed by atoms with Crippen LogP contribution in [0.25, 0.3) is 0 Å². The van der Waals surface area contributed by atoms with E-state index in [0.29, 0.717) is 0 Å². The Labute approximate surface area is 131 Å². The van der Waals surface area contributed by atoms with Crippen molar-refractivity contribution in [3.05, 3.63) is 11.9 Å². The predicted octanol–water partition coefficient (Wildman–Crippen LogP) is -1.16. The molecule has 10 heteroatoms. The maximum atomic E-state index is 11.5. The van der Waals surface area contributed by atoms with Crippen molar-refractivity contribution in [2.45, 2.75) is 50.3 Å². The molecule has 1 aromatic rings. The van der Waals surface area contributed by atoms with E-state index in [1.165, 1.54) is 18.0 Å². The van der Waals surface area contributed by atoms with Crippen LogP contribution in [0.2, 0.25) is 0 Å². The lowest BCUT2D eigenvalue weighted by Gasteiger charge is -2.27. The number of aromatic nitrogens is 3. The van der Waals surface area contributed by atoms with Gasteiger partial charge in [-0.1, -0.05) is 5.21 Å². The summed E-state index contributed by atoms with van der Waals surface area (Å²) in [6.45, 7) is 2.98. The number of carbonyl (C=O) groups excluding carboxylic acids is 1. The van der Waals surface area contributed by atoms with E-state index < -0.39 is 49.0 Å². The summed E-state index contributed by atoms with van der Waals surface area (Å²) in [6, 6.07) is -0.616. The summed E-state index contributed by atoms with van der Waals surface area (Å²) in [5.41, 5.74) is 0.0198. The van der Waals surface area contributed by atoms with Crippen LogP contribution in [-0.2, 0) is 18.9 Å². The normalized spacial score (nSPS) is 33.4. The molecule has 2 fully saturated rings. The first-order valence-electron chi connectivity index (χ1n) is 7.16. The molecule has 0 aliphatic carbocycles. The fourth-order valence-electron chi connectivity index (χ4n) is 2.86. The van der Waals surface area contributed by atoms with Crippen molar-refractivity contribution in [1.82, 2.24) is 15.0 Å². The van der Waals surface area contributed by atoms with Crippen molar-refractivity contribution in [3.8, 4) is 0 Å². The van der Waals surface area contributed by atoms with Gasteiger partial charge in [-0.05, 0) is 13.8 Å². The number of nitrogens with zero attached hydrogens (tertiary/aromatic N) is 3. The van der Waals surface area contributed by atoms with E-state index in [-0.39, 0.29) is 5.69 Å². The minimum atomic E-state index is -1.16. The molecule has 5 atom stereocenters. The number of aliphatic hydroxyl groups excluding tert-OH is 2. The van der Waals surface area contributed by atoms with E-state index in [0.717, 1.165) is 0 Å². The van der Waals surface area contributed by atoms with E-state index >= 15 is 0 Å². The second kappa shape index (κ2) is 5.80. The molecule has 0 aromatic carbocycles. The number of hydrogen-bond acceptors (Lipinski definition) is 9. The molecule has 2 aliphatic rings. The van der Waals surface area contributed by atoms with Crippen LogP contribution >= 0.6 is 0 Å². The van der Waals surface area contributed by atoms with E-state index in [1.54, 1.807) is 13.8 Å². The second-order valence-corrected chi connectivity index (χ2v) is 5.89. The highest BCUT2D eigenvalue weighted by molar-refractivity contribution is 5.86. The Morgan fingerprint density at radius 1 is 1.52 bits per heavy atom. The van der Waals surface area contributed by atoms with E-state index in [1.807, 2.05) is 0 Å². The van der Waals surface area contributed by atoms with Crippen molar-refractivity contribution >= 4 is 5.97 Å². The van der Waals surface area contributed by atoms with Crippen molar-refractivity contribution < 1.29 is 34.0 Å². The van der Waals surface area contributed by atoms with Crippen LogP contribution in [0, 0.1) is 0 Å². The summed E-state index contributed by atoms with van der Waals surface area (Å²) in [5.74, 6) is -1.48. The van der Waals surface area contributed by atoms with Gasteiger partial charge < -0.3 is 29.2 Å². The number of esters is 1. The Bertz CT molecular complexity index is 590. The monoisotopic (exact) mass is 329 g/mol. The van der Waals surface area contributed by atoms with E-state index in [4.69, 9.17) is 14.2 Å². The Morgan fingerprint density at radius 3 is 2.91 bits per heavy atom. The van der Waals surface area contributed by atoms with Gasteiger partial charge in [0.1, 0.15) is 24.4 Å². The number of ether oxygens (including phenoxy) is 4. The molecule has 0 bridgehead atoms. The van der Waals surface area contributed by atoms with Gasteiger partial charge in [0.2, 0.25) is 0 Å². The molecule has 3 rings (SSSR count). The zero-order chi connectivity index (χ0) is 16.8. The number of carbonyl (C=O) groups is 1. The summed E-state index contributed by atoms with van der Waals surface area (Å²) in [4.78, 5) is 11.5. The lowest BCUT2D eigenvalue weighted by Crippen LogP contribution is -2.40.